The predicted octanol–water partition coefficient (Wildman–Crippen LogP) is 2.24. The number of nitrogens with two attached hydrogens (primary N) is 1. The van der Waals surface area contributed by atoms with Crippen LogP contribution in [0.25, 0.3) is 0 Å². The first-order valence-corrected chi connectivity index (χ1v) is 6.19. The number of nitrogens with zero attached hydrogens (tertiary/aromatic N) is 2. The molecule has 0 bridgehead atoms. The van der Waals surface area contributed by atoms with Crippen LogP contribution in [0.4, 0.5) is 5.69 Å². The molecule has 1 aromatic heterocycles. The maximum Gasteiger partial charge on any atom is 0.0719 e. The Morgan fingerprint density at radius 2 is 2.29 bits per heavy atom. The molecule has 1 aromatic rings. The SMILES string of the molecule is CC(C)CCSCCn1cc(N)cn1. The molecule has 1 heterocycles. The van der Waals surface area contributed by atoms with E-state index < -0.39 is 0 Å². The summed E-state index contributed by atoms with van der Waals surface area (Å²) >= 11 is 1.98. The van der Waals surface area contributed by atoms with Gasteiger partial charge in [-0.1, -0.05) is 13.8 Å². The largest absolute Gasteiger partial charge is 0.396 e. The molecule has 14 heavy (non-hydrogen) atoms. The van der Waals surface area contributed by atoms with Gasteiger partial charge in [0.1, 0.15) is 0 Å². The number of hydrogen-bond acceptors (Lipinski definition) is 3. The smallest absolute Gasteiger partial charge is 0.0719 e. The zero-order valence-corrected chi connectivity index (χ0v) is 9.76. The number of aromatic nitrogens is 2. The zero-order chi connectivity index (χ0) is 10.4. The predicted molar refractivity (Wildman–Crippen MR) is 63.4 cm³/mol. The van der Waals surface area contributed by atoms with Crippen LogP contribution in [-0.4, -0.2) is 21.3 Å². The topological polar surface area (TPSA) is 43.8 Å². The Balaban J connectivity index is 2.04. The molecule has 3 nitrogen and oxygen atoms in total. The second-order valence-corrected chi connectivity index (χ2v) is 5.06. The fourth-order valence-corrected chi connectivity index (χ4v) is 2.24. The van der Waals surface area contributed by atoms with Crippen molar-refractivity contribution in [3.63, 3.8) is 0 Å². The minimum atomic E-state index is 0.747. The van der Waals surface area contributed by atoms with Crippen LogP contribution >= 0.6 is 11.8 Å². The van der Waals surface area contributed by atoms with Gasteiger partial charge in [0.25, 0.3) is 0 Å². The highest BCUT2D eigenvalue weighted by atomic mass is 32.2. The average Bonchev–Trinajstić information content (AvgIpc) is 2.50. The van der Waals surface area contributed by atoms with E-state index in [1.807, 2.05) is 22.6 Å². The van der Waals surface area contributed by atoms with Crippen molar-refractivity contribution in [3.8, 4) is 0 Å². The minimum absolute atomic E-state index is 0.747. The Morgan fingerprint density at radius 1 is 1.50 bits per heavy atom. The molecule has 0 aliphatic carbocycles. The molecule has 0 amide bonds. The van der Waals surface area contributed by atoms with Crippen molar-refractivity contribution < 1.29 is 0 Å². The molecule has 0 aliphatic heterocycles. The Labute approximate surface area is 90.1 Å². The third-order valence-corrected chi connectivity index (χ3v) is 2.95. The summed E-state index contributed by atoms with van der Waals surface area (Å²) < 4.78 is 1.90. The van der Waals surface area contributed by atoms with E-state index >= 15 is 0 Å². The fourth-order valence-electron chi connectivity index (χ4n) is 1.08. The highest BCUT2D eigenvalue weighted by molar-refractivity contribution is 7.99. The lowest BCUT2D eigenvalue weighted by Crippen LogP contribution is -2.01. The molecule has 1 rings (SSSR count). The molecule has 0 saturated carbocycles. The second-order valence-electron chi connectivity index (χ2n) is 3.83. The number of hydrogen-bond donors (Lipinski definition) is 1. The highest BCUT2D eigenvalue weighted by Gasteiger charge is 1.96. The average molecular weight is 213 g/mol. The number of thioether (sulfide) groups is 1. The van der Waals surface area contributed by atoms with Crippen molar-refractivity contribution in [2.75, 3.05) is 17.2 Å². The molecule has 0 unspecified atom stereocenters. The minimum Gasteiger partial charge on any atom is -0.396 e. The lowest BCUT2D eigenvalue weighted by atomic mass is 10.2. The van der Waals surface area contributed by atoms with E-state index in [2.05, 4.69) is 18.9 Å². The van der Waals surface area contributed by atoms with Crippen LogP contribution in [0.2, 0.25) is 0 Å². The number of rotatable bonds is 6. The first kappa shape index (κ1) is 11.4. The number of aryl methyl sites for hydroxylation is 1. The van der Waals surface area contributed by atoms with E-state index in [1.165, 1.54) is 12.2 Å². The van der Waals surface area contributed by atoms with Gasteiger partial charge in [-0.15, -0.1) is 0 Å². The third kappa shape index (κ3) is 4.56. The van der Waals surface area contributed by atoms with Crippen LogP contribution in [0.1, 0.15) is 20.3 Å². The van der Waals surface area contributed by atoms with E-state index in [9.17, 15) is 0 Å². The van der Waals surface area contributed by atoms with Crippen LogP contribution < -0.4 is 5.73 Å². The summed E-state index contributed by atoms with van der Waals surface area (Å²) in [6.07, 6.45) is 4.87. The van der Waals surface area contributed by atoms with E-state index in [0.717, 1.165) is 23.9 Å². The Hall–Kier alpha value is -0.640. The van der Waals surface area contributed by atoms with Gasteiger partial charge < -0.3 is 5.73 Å². The first-order valence-electron chi connectivity index (χ1n) is 5.04. The van der Waals surface area contributed by atoms with Crippen molar-refractivity contribution in [2.45, 2.75) is 26.8 Å². The van der Waals surface area contributed by atoms with Gasteiger partial charge in [-0.05, 0) is 18.1 Å². The molecular weight excluding hydrogens is 194 g/mol. The molecule has 2 N–H and O–H groups in total. The summed E-state index contributed by atoms with van der Waals surface area (Å²) in [4.78, 5) is 0. The van der Waals surface area contributed by atoms with Crippen molar-refractivity contribution in [2.24, 2.45) is 5.92 Å². The lowest BCUT2D eigenvalue weighted by Gasteiger charge is -2.04. The molecule has 0 aromatic carbocycles. The Morgan fingerprint density at radius 3 is 2.86 bits per heavy atom. The summed E-state index contributed by atoms with van der Waals surface area (Å²) in [6.45, 7) is 5.48. The fraction of sp³-hybridized carbons (Fsp3) is 0.700. The molecule has 0 fully saturated rings. The highest BCUT2D eigenvalue weighted by Crippen LogP contribution is 2.09. The summed E-state index contributed by atoms with van der Waals surface area (Å²) in [6, 6.07) is 0. The number of nitrogen functional groups attached to an aromatic ring is 1. The van der Waals surface area contributed by atoms with Gasteiger partial charge in [-0.2, -0.15) is 16.9 Å². The summed E-state index contributed by atoms with van der Waals surface area (Å²) in [5.74, 6) is 3.17. The van der Waals surface area contributed by atoms with Gasteiger partial charge in [0, 0.05) is 11.9 Å². The van der Waals surface area contributed by atoms with Gasteiger partial charge >= 0.3 is 0 Å². The quantitative estimate of drug-likeness (QED) is 0.737. The molecule has 0 atom stereocenters. The molecule has 80 valence electrons. The van der Waals surface area contributed by atoms with Crippen molar-refractivity contribution in [1.29, 1.82) is 0 Å². The van der Waals surface area contributed by atoms with Gasteiger partial charge in [0.15, 0.2) is 0 Å². The van der Waals surface area contributed by atoms with Crippen LogP contribution in [0.15, 0.2) is 12.4 Å². The van der Waals surface area contributed by atoms with E-state index in [0.29, 0.717) is 0 Å². The first-order chi connectivity index (χ1) is 6.68. The van der Waals surface area contributed by atoms with Crippen molar-refractivity contribution in [3.05, 3.63) is 12.4 Å². The van der Waals surface area contributed by atoms with Crippen LogP contribution in [0.5, 0.6) is 0 Å². The van der Waals surface area contributed by atoms with Gasteiger partial charge in [-0.3, -0.25) is 4.68 Å². The lowest BCUT2D eigenvalue weighted by molar-refractivity contribution is 0.630. The molecule has 4 heteroatoms. The maximum absolute atomic E-state index is 5.56. The summed E-state index contributed by atoms with van der Waals surface area (Å²) in [5, 5.41) is 4.13. The van der Waals surface area contributed by atoms with Gasteiger partial charge in [-0.25, -0.2) is 0 Å². The maximum atomic E-state index is 5.56. The normalized spacial score (nSPS) is 11.1. The molecule has 0 aliphatic rings. The summed E-state index contributed by atoms with van der Waals surface area (Å²) in [5.41, 5.74) is 6.31. The van der Waals surface area contributed by atoms with E-state index in [-0.39, 0.29) is 0 Å². The Kier molecular flexibility index (Phi) is 4.87. The van der Waals surface area contributed by atoms with Gasteiger partial charge in [0.05, 0.1) is 18.4 Å². The monoisotopic (exact) mass is 213 g/mol. The second kappa shape index (κ2) is 5.96. The van der Waals surface area contributed by atoms with Crippen LogP contribution in [-0.2, 0) is 6.54 Å². The Bertz CT molecular complexity index is 258. The number of anilines is 1. The van der Waals surface area contributed by atoms with Gasteiger partial charge in [0.2, 0.25) is 0 Å². The van der Waals surface area contributed by atoms with Crippen molar-refractivity contribution >= 4 is 17.4 Å². The molecule has 0 saturated heterocycles. The van der Waals surface area contributed by atoms with E-state index in [4.69, 9.17) is 5.73 Å². The standard InChI is InChI=1S/C10H19N3S/c1-9(2)3-5-14-6-4-13-8-10(11)7-12-13/h7-9H,3-6,11H2,1-2H3. The molecule has 0 radical (unpaired) electrons. The van der Waals surface area contributed by atoms with E-state index in [1.54, 1.807) is 6.20 Å². The molecule has 0 spiro atoms. The third-order valence-electron chi connectivity index (χ3n) is 1.96. The molecular formula is C10H19N3S. The van der Waals surface area contributed by atoms with Crippen molar-refractivity contribution in [1.82, 2.24) is 9.78 Å². The zero-order valence-electron chi connectivity index (χ0n) is 8.94. The van der Waals surface area contributed by atoms with Crippen LogP contribution in [0, 0.1) is 5.92 Å². The van der Waals surface area contributed by atoms with Crippen LogP contribution in [0.3, 0.4) is 0 Å². The summed E-state index contributed by atoms with van der Waals surface area (Å²) in [7, 11) is 0.